The van der Waals surface area contributed by atoms with E-state index in [0.29, 0.717) is 10.6 Å². The molecule has 7 nitrogen and oxygen atoms in total. The molecule has 108 valence electrons. The van der Waals surface area contributed by atoms with Crippen LogP contribution in [0.2, 0.25) is 0 Å². The first-order valence-electron chi connectivity index (χ1n) is 5.93. The molecule has 1 amide bonds. The smallest absolute Gasteiger partial charge is 0.282 e. The van der Waals surface area contributed by atoms with E-state index in [1.807, 2.05) is 0 Å². The number of rotatable bonds is 4. The van der Waals surface area contributed by atoms with Gasteiger partial charge in [0.1, 0.15) is 5.56 Å². The van der Waals surface area contributed by atoms with Gasteiger partial charge in [-0.1, -0.05) is 23.5 Å². The van der Waals surface area contributed by atoms with Gasteiger partial charge in [0.25, 0.3) is 11.6 Å². The van der Waals surface area contributed by atoms with Crippen molar-refractivity contribution in [2.45, 2.75) is 13.8 Å². The van der Waals surface area contributed by atoms with Crippen LogP contribution < -0.4 is 5.32 Å². The molecular weight excluding hydrogens is 294 g/mol. The molecule has 0 saturated carbocycles. The van der Waals surface area contributed by atoms with Crippen LogP contribution in [0.3, 0.4) is 0 Å². The fraction of sp³-hybridized carbons (Fsp3) is 0.154. The van der Waals surface area contributed by atoms with Gasteiger partial charge in [-0.25, -0.2) is 4.98 Å². The summed E-state index contributed by atoms with van der Waals surface area (Å²) in [5.74, 6) is -0.776. The molecule has 1 aromatic carbocycles. The van der Waals surface area contributed by atoms with Crippen molar-refractivity contribution in [2.24, 2.45) is 0 Å². The standard InChI is InChI=1S/C13H11N3O4S/c1-7-11(8(2)17)21-13(14-7)15-12(18)9-5-3-4-6-10(9)16(19)20/h3-6H,1-2H3,(H,14,15,18). The molecule has 0 fully saturated rings. The number of carbonyl (C=O) groups is 2. The Labute approximate surface area is 123 Å². The summed E-state index contributed by atoms with van der Waals surface area (Å²) in [4.78, 5) is 38.2. The number of anilines is 1. The normalized spacial score (nSPS) is 10.2. The van der Waals surface area contributed by atoms with E-state index in [2.05, 4.69) is 10.3 Å². The summed E-state index contributed by atoms with van der Waals surface area (Å²) in [6.07, 6.45) is 0. The Morgan fingerprint density at radius 3 is 2.57 bits per heavy atom. The fourth-order valence-electron chi connectivity index (χ4n) is 1.77. The van der Waals surface area contributed by atoms with Gasteiger partial charge >= 0.3 is 0 Å². The van der Waals surface area contributed by atoms with Crippen molar-refractivity contribution in [1.29, 1.82) is 0 Å². The molecule has 0 saturated heterocycles. The highest BCUT2D eigenvalue weighted by Gasteiger charge is 2.21. The molecule has 0 spiro atoms. The number of benzene rings is 1. The van der Waals surface area contributed by atoms with Crippen LogP contribution in [0.1, 0.15) is 32.6 Å². The van der Waals surface area contributed by atoms with Crippen molar-refractivity contribution < 1.29 is 14.5 Å². The first-order valence-corrected chi connectivity index (χ1v) is 6.75. The van der Waals surface area contributed by atoms with Gasteiger partial charge in [0.2, 0.25) is 0 Å². The highest BCUT2D eigenvalue weighted by molar-refractivity contribution is 7.17. The largest absolute Gasteiger partial charge is 0.298 e. The number of aryl methyl sites for hydroxylation is 1. The lowest BCUT2D eigenvalue weighted by Crippen LogP contribution is -2.13. The maximum atomic E-state index is 12.1. The number of hydrogen-bond acceptors (Lipinski definition) is 6. The molecule has 1 N–H and O–H groups in total. The molecule has 1 heterocycles. The van der Waals surface area contributed by atoms with Gasteiger partial charge in [0.15, 0.2) is 10.9 Å². The molecular formula is C13H11N3O4S. The summed E-state index contributed by atoms with van der Waals surface area (Å²) < 4.78 is 0. The first kappa shape index (κ1) is 14.8. The van der Waals surface area contributed by atoms with Gasteiger partial charge in [-0.3, -0.25) is 25.0 Å². The molecule has 0 aliphatic heterocycles. The average molecular weight is 305 g/mol. The number of nitrogens with zero attached hydrogens (tertiary/aromatic N) is 2. The molecule has 2 aromatic rings. The number of thiazole rings is 1. The van der Waals surface area contributed by atoms with E-state index in [0.717, 1.165) is 11.3 Å². The minimum atomic E-state index is -0.633. The number of aromatic nitrogens is 1. The Hall–Kier alpha value is -2.61. The van der Waals surface area contributed by atoms with Crippen LogP contribution in [0.4, 0.5) is 10.8 Å². The van der Waals surface area contributed by atoms with E-state index in [1.165, 1.54) is 31.2 Å². The molecule has 0 unspecified atom stereocenters. The second kappa shape index (κ2) is 5.80. The predicted octanol–water partition coefficient (Wildman–Crippen LogP) is 2.81. The van der Waals surface area contributed by atoms with E-state index in [-0.39, 0.29) is 22.2 Å². The zero-order valence-corrected chi connectivity index (χ0v) is 12.1. The highest BCUT2D eigenvalue weighted by atomic mass is 32.1. The second-order valence-corrected chi connectivity index (χ2v) is 5.22. The van der Waals surface area contributed by atoms with E-state index >= 15 is 0 Å². The minimum Gasteiger partial charge on any atom is -0.298 e. The number of nitro benzene ring substituents is 1. The van der Waals surface area contributed by atoms with Crippen molar-refractivity contribution in [3.63, 3.8) is 0 Å². The maximum Gasteiger partial charge on any atom is 0.282 e. The lowest BCUT2D eigenvalue weighted by Gasteiger charge is -2.02. The number of amides is 1. The third kappa shape index (κ3) is 3.11. The topological polar surface area (TPSA) is 102 Å². The summed E-state index contributed by atoms with van der Waals surface area (Å²) in [6, 6.07) is 5.63. The summed E-state index contributed by atoms with van der Waals surface area (Å²) in [5.41, 5.74) is 0.181. The van der Waals surface area contributed by atoms with E-state index in [1.54, 1.807) is 6.92 Å². The van der Waals surface area contributed by atoms with Gasteiger partial charge in [-0.05, 0) is 13.0 Å². The number of ketones is 1. The number of para-hydroxylation sites is 1. The van der Waals surface area contributed by atoms with Gasteiger partial charge in [-0.2, -0.15) is 0 Å². The summed E-state index contributed by atoms with van der Waals surface area (Å²) in [6.45, 7) is 3.07. The summed E-state index contributed by atoms with van der Waals surface area (Å²) in [7, 11) is 0. The molecule has 0 radical (unpaired) electrons. The van der Waals surface area contributed by atoms with Crippen LogP contribution in [-0.2, 0) is 0 Å². The highest BCUT2D eigenvalue weighted by Crippen LogP contribution is 2.25. The number of Topliss-reactive ketones (excluding diaryl/α,β-unsaturated/α-hetero) is 1. The van der Waals surface area contributed by atoms with Crippen LogP contribution >= 0.6 is 11.3 Å². The molecule has 1 aromatic heterocycles. The van der Waals surface area contributed by atoms with Crippen molar-refractivity contribution in [3.8, 4) is 0 Å². The van der Waals surface area contributed by atoms with Crippen LogP contribution in [0.15, 0.2) is 24.3 Å². The lowest BCUT2D eigenvalue weighted by molar-refractivity contribution is -0.385. The lowest BCUT2D eigenvalue weighted by atomic mass is 10.1. The molecule has 0 atom stereocenters. The monoisotopic (exact) mass is 305 g/mol. The molecule has 2 rings (SSSR count). The van der Waals surface area contributed by atoms with Crippen LogP contribution in [0.25, 0.3) is 0 Å². The molecule has 21 heavy (non-hydrogen) atoms. The minimum absolute atomic E-state index is 0.0558. The Balaban J connectivity index is 2.29. The van der Waals surface area contributed by atoms with E-state index < -0.39 is 10.8 Å². The average Bonchev–Trinajstić information content (AvgIpc) is 2.79. The van der Waals surface area contributed by atoms with Gasteiger partial charge in [0.05, 0.1) is 15.5 Å². The summed E-state index contributed by atoms with van der Waals surface area (Å²) in [5, 5.41) is 13.6. The predicted molar refractivity (Wildman–Crippen MR) is 77.9 cm³/mol. The van der Waals surface area contributed by atoms with Crippen LogP contribution in [-0.4, -0.2) is 21.6 Å². The zero-order chi connectivity index (χ0) is 15.6. The van der Waals surface area contributed by atoms with Crippen molar-refractivity contribution in [2.75, 3.05) is 5.32 Å². The van der Waals surface area contributed by atoms with E-state index in [9.17, 15) is 19.7 Å². The van der Waals surface area contributed by atoms with Crippen LogP contribution in [0, 0.1) is 17.0 Å². The Morgan fingerprint density at radius 1 is 1.33 bits per heavy atom. The fourth-order valence-corrected chi connectivity index (χ4v) is 2.62. The van der Waals surface area contributed by atoms with Crippen molar-refractivity contribution in [1.82, 2.24) is 4.98 Å². The van der Waals surface area contributed by atoms with E-state index in [4.69, 9.17) is 0 Å². The second-order valence-electron chi connectivity index (χ2n) is 4.22. The maximum absolute atomic E-state index is 12.1. The SMILES string of the molecule is CC(=O)c1sc(NC(=O)c2ccccc2[N+](=O)[O-])nc1C. The number of hydrogen-bond donors (Lipinski definition) is 1. The Bertz CT molecular complexity index is 739. The number of nitrogens with one attached hydrogen (secondary N) is 1. The molecule has 0 aliphatic carbocycles. The first-order chi connectivity index (χ1) is 9.90. The molecule has 8 heteroatoms. The van der Waals surface area contributed by atoms with Gasteiger partial charge in [0, 0.05) is 13.0 Å². The third-order valence-corrected chi connectivity index (χ3v) is 3.86. The van der Waals surface area contributed by atoms with Gasteiger partial charge < -0.3 is 0 Å². The Morgan fingerprint density at radius 2 is 2.00 bits per heavy atom. The number of carbonyl (C=O) groups excluding carboxylic acids is 2. The summed E-state index contributed by atoms with van der Waals surface area (Å²) >= 11 is 1.04. The zero-order valence-electron chi connectivity index (χ0n) is 11.2. The molecule has 0 aliphatic rings. The van der Waals surface area contributed by atoms with Gasteiger partial charge in [-0.15, -0.1) is 0 Å². The quantitative estimate of drug-likeness (QED) is 0.531. The molecule has 0 bridgehead atoms. The van der Waals surface area contributed by atoms with Crippen LogP contribution in [0.5, 0.6) is 0 Å². The number of nitro groups is 1. The van der Waals surface area contributed by atoms with Crippen molar-refractivity contribution in [3.05, 3.63) is 50.5 Å². The van der Waals surface area contributed by atoms with Crippen molar-refractivity contribution >= 4 is 33.8 Å². The third-order valence-electron chi connectivity index (χ3n) is 2.68. The Kier molecular flexibility index (Phi) is 4.08.